The SMILES string of the molecule is CC(C)[C@H](COC(F)F)c1ccccc1.CCN(CC)C(=O)C(c1ccc(C)cc1)C(C)C.COC(C)(C)C(c1ccc(C)cc1)C(C)C.COC(C)(C)[C@H](c1ccccc1)C(C)C.Cc1ccc(C(C(=O)N(C)C)C(C)C)cc1.Cc1ccc(C(C(C)C)C(C)(C)O)cc1. The Bertz CT molecular complexity index is 2980. The van der Waals surface area contributed by atoms with E-state index in [1.54, 1.807) is 19.1 Å². The van der Waals surface area contributed by atoms with Gasteiger partial charge in [-0.25, -0.2) is 0 Å². The van der Waals surface area contributed by atoms with Gasteiger partial charge < -0.3 is 29.1 Å². The predicted molar refractivity (Wildman–Crippen MR) is 400 cm³/mol. The summed E-state index contributed by atoms with van der Waals surface area (Å²) in [6.07, 6.45) is 0. The van der Waals surface area contributed by atoms with Crippen molar-refractivity contribution in [1.29, 1.82) is 0 Å². The summed E-state index contributed by atoms with van der Waals surface area (Å²) in [6.45, 7) is 49.5. The van der Waals surface area contributed by atoms with Crippen LogP contribution in [0.15, 0.2) is 158 Å². The van der Waals surface area contributed by atoms with Gasteiger partial charge in [0.2, 0.25) is 11.8 Å². The van der Waals surface area contributed by atoms with Gasteiger partial charge in [-0.05, 0) is 152 Å². The Morgan fingerprint density at radius 3 is 0.947 bits per heavy atom. The lowest BCUT2D eigenvalue weighted by molar-refractivity contribution is -0.134. The van der Waals surface area contributed by atoms with Crippen LogP contribution >= 0.6 is 0 Å². The van der Waals surface area contributed by atoms with Crippen LogP contribution in [0.3, 0.4) is 0 Å². The zero-order valence-corrected chi connectivity index (χ0v) is 64.3. The topological polar surface area (TPSA) is 88.5 Å². The smallest absolute Gasteiger partial charge is 0.345 e. The first-order chi connectivity index (χ1) is 44.2. The summed E-state index contributed by atoms with van der Waals surface area (Å²) in [6, 6.07) is 54.1. The first kappa shape index (κ1) is 87.0. The molecule has 6 aromatic carbocycles. The second-order valence-electron chi connectivity index (χ2n) is 29.5. The van der Waals surface area contributed by atoms with Crippen molar-refractivity contribution in [3.8, 4) is 0 Å². The van der Waals surface area contributed by atoms with Gasteiger partial charge in [0.25, 0.3) is 0 Å². The summed E-state index contributed by atoms with van der Waals surface area (Å²) in [5.41, 5.74) is 11.4. The molecule has 0 aliphatic rings. The summed E-state index contributed by atoms with van der Waals surface area (Å²) in [5.74, 6) is 3.95. The first-order valence-corrected chi connectivity index (χ1v) is 34.8. The van der Waals surface area contributed by atoms with E-state index in [-0.39, 0.29) is 59.2 Å². The Balaban J connectivity index is 0.000000571. The molecule has 0 aliphatic heterocycles. The molecule has 0 aliphatic carbocycles. The molecule has 530 valence electrons. The number of hydrogen-bond acceptors (Lipinski definition) is 6. The number of nitrogens with zero attached hydrogens (tertiary/aromatic N) is 2. The van der Waals surface area contributed by atoms with Crippen LogP contribution in [0.25, 0.3) is 0 Å². The molecule has 0 aromatic heterocycles. The van der Waals surface area contributed by atoms with Gasteiger partial charge in [-0.3, -0.25) is 9.59 Å². The van der Waals surface area contributed by atoms with Gasteiger partial charge in [0, 0.05) is 65.1 Å². The zero-order valence-electron chi connectivity index (χ0n) is 64.3. The van der Waals surface area contributed by atoms with Crippen LogP contribution in [0.4, 0.5) is 8.78 Å². The van der Waals surface area contributed by atoms with Crippen molar-refractivity contribution in [1.82, 2.24) is 9.80 Å². The molecule has 0 saturated carbocycles. The number of benzene rings is 6. The molecule has 4 unspecified atom stereocenters. The number of carbonyl (C=O) groups excluding carboxylic acids is 2. The highest BCUT2D eigenvalue weighted by Gasteiger charge is 2.35. The first-order valence-electron chi connectivity index (χ1n) is 34.8. The van der Waals surface area contributed by atoms with E-state index < -0.39 is 12.2 Å². The molecule has 6 aromatic rings. The summed E-state index contributed by atoms with van der Waals surface area (Å²) in [5, 5.41) is 10.2. The standard InChI is InChI=1S/C16H25NO.C15H24O.C14H21NO.2C14H22O.C12H16F2O/c1-6-17(7-2)16(18)15(12(3)4)14-10-8-13(5)9-11-14;1-11(2)14(15(4,5)16-6)13-9-7-12(3)8-10-13;1-10(2)13(14(16)15(4)5)12-8-6-11(3)7-9-12;1-10(2)13(14(4,5)15)12-8-6-11(3)7-9-12;1-11(2)13(14(3,4)15-5)12-9-7-6-8-10-12;1-9(2)11(8-15-12(13)14)10-6-4-3-5-7-10/h8-12,15H,6-7H2,1-5H3;7-11,14H,1-6H3;6-10,13H,1-5H3;6-10,13,15H,1-5H3;6-11,13H,1-5H3;3-7,9,11-12H,8H2,1-2H3/t;;;;13-;11-/m....00/s1. The van der Waals surface area contributed by atoms with Crippen LogP contribution in [0.1, 0.15) is 230 Å². The zero-order chi connectivity index (χ0) is 72.7. The Morgan fingerprint density at radius 2 is 0.695 bits per heavy atom. The lowest BCUT2D eigenvalue weighted by atomic mass is 9.77. The minimum Gasteiger partial charge on any atom is -0.390 e. The molecular formula is C85H130F2N2O6. The van der Waals surface area contributed by atoms with Crippen molar-refractivity contribution in [2.24, 2.45) is 35.5 Å². The number of amides is 2. The fraction of sp³-hybridized carbons (Fsp3) is 0.553. The molecule has 6 rings (SSSR count). The fourth-order valence-electron chi connectivity index (χ4n) is 13.0. The van der Waals surface area contributed by atoms with Crippen molar-refractivity contribution in [3.63, 3.8) is 0 Å². The van der Waals surface area contributed by atoms with Crippen molar-refractivity contribution < 1.29 is 37.7 Å². The molecule has 0 spiro atoms. The van der Waals surface area contributed by atoms with Gasteiger partial charge in [0.05, 0.1) is 35.2 Å². The Hall–Kier alpha value is -6.04. The highest BCUT2D eigenvalue weighted by atomic mass is 19.3. The number of halogens is 2. The van der Waals surface area contributed by atoms with E-state index in [0.717, 1.165) is 29.8 Å². The molecule has 0 radical (unpaired) electrons. The van der Waals surface area contributed by atoms with Gasteiger partial charge in [-0.2, -0.15) is 8.78 Å². The van der Waals surface area contributed by atoms with Crippen LogP contribution < -0.4 is 0 Å². The normalized spacial score (nSPS) is 13.5. The molecule has 10 heteroatoms. The van der Waals surface area contributed by atoms with Crippen LogP contribution in [0.5, 0.6) is 0 Å². The summed E-state index contributed by atoms with van der Waals surface area (Å²) in [4.78, 5) is 28.2. The maximum atomic E-state index is 12.6. The van der Waals surface area contributed by atoms with Crippen molar-refractivity contribution in [2.45, 2.75) is 225 Å². The number of rotatable bonds is 24. The van der Waals surface area contributed by atoms with Gasteiger partial charge in [-0.1, -0.05) is 263 Å². The van der Waals surface area contributed by atoms with Gasteiger partial charge in [0.1, 0.15) is 0 Å². The average molecular weight is 1310 g/mol. The van der Waals surface area contributed by atoms with Crippen LogP contribution in [-0.4, -0.2) is 98.1 Å². The monoisotopic (exact) mass is 1310 g/mol. The van der Waals surface area contributed by atoms with Gasteiger partial charge >= 0.3 is 6.61 Å². The van der Waals surface area contributed by atoms with E-state index in [2.05, 4.69) is 257 Å². The van der Waals surface area contributed by atoms with Crippen LogP contribution in [0.2, 0.25) is 0 Å². The van der Waals surface area contributed by atoms with E-state index in [1.807, 2.05) is 90.9 Å². The number of alkyl halides is 2. The second-order valence-corrected chi connectivity index (χ2v) is 29.5. The molecule has 6 atom stereocenters. The number of carbonyl (C=O) groups is 2. The molecule has 0 saturated heterocycles. The van der Waals surface area contributed by atoms with E-state index in [9.17, 15) is 23.5 Å². The van der Waals surface area contributed by atoms with Crippen molar-refractivity contribution >= 4 is 11.8 Å². The number of ether oxygens (including phenoxy) is 3. The molecule has 0 heterocycles. The van der Waals surface area contributed by atoms with Crippen LogP contribution in [0, 0.1) is 63.2 Å². The van der Waals surface area contributed by atoms with Crippen molar-refractivity contribution in [2.75, 3.05) is 48.0 Å². The quantitative estimate of drug-likeness (QED) is 0.0650. The molecular weight excluding hydrogens is 1180 g/mol. The van der Waals surface area contributed by atoms with Gasteiger partial charge in [0.15, 0.2) is 0 Å². The molecule has 95 heavy (non-hydrogen) atoms. The largest absolute Gasteiger partial charge is 0.390 e. The van der Waals surface area contributed by atoms with E-state index in [1.165, 1.54) is 38.9 Å². The second kappa shape index (κ2) is 42.6. The van der Waals surface area contributed by atoms with Gasteiger partial charge in [-0.15, -0.1) is 0 Å². The highest BCUT2D eigenvalue weighted by Crippen LogP contribution is 2.39. The molecule has 2 amide bonds. The number of methoxy groups -OCH3 is 2. The maximum Gasteiger partial charge on any atom is 0.345 e. The molecule has 1 N–H and O–H groups in total. The Morgan fingerprint density at radius 1 is 0.411 bits per heavy atom. The highest BCUT2D eigenvalue weighted by molar-refractivity contribution is 5.84. The average Bonchev–Trinajstić information content (AvgIpc) is 0.855. The van der Waals surface area contributed by atoms with Crippen LogP contribution in [-0.2, 0) is 23.8 Å². The fourth-order valence-corrected chi connectivity index (χ4v) is 13.0. The molecule has 8 nitrogen and oxygen atoms in total. The molecule has 0 bridgehead atoms. The number of aryl methyl sites for hydroxylation is 4. The van der Waals surface area contributed by atoms with E-state index >= 15 is 0 Å². The minimum absolute atomic E-state index is 0.0227. The minimum atomic E-state index is -2.69. The number of hydrogen-bond donors (Lipinski definition) is 1. The third kappa shape index (κ3) is 30.1. The Kier molecular flexibility index (Phi) is 39.0. The number of likely N-dealkylation sites (N-methyl/N-ethyl adjacent to an activating group) is 2. The third-order valence-electron chi connectivity index (χ3n) is 18.0. The van der Waals surface area contributed by atoms with E-state index in [0.29, 0.717) is 41.4 Å². The predicted octanol–water partition coefficient (Wildman–Crippen LogP) is 21.6. The summed E-state index contributed by atoms with van der Waals surface area (Å²) >= 11 is 0. The summed E-state index contributed by atoms with van der Waals surface area (Å²) < 4.78 is 39.6. The Labute approximate surface area is 578 Å². The maximum absolute atomic E-state index is 12.6. The summed E-state index contributed by atoms with van der Waals surface area (Å²) in [7, 11) is 7.21. The lowest BCUT2D eigenvalue weighted by Crippen LogP contribution is -2.36. The number of aliphatic hydroxyl groups is 1. The van der Waals surface area contributed by atoms with E-state index in [4.69, 9.17) is 9.47 Å². The molecule has 0 fully saturated rings. The lowest BCUT2D eigenvalue weighted by Gasteiger charge is -2.36. The van der Waals surface area contributed by atoms with Crippen molar-refractivity contribution in [3.05, 3.63) is 213 Å². The third-order valence-corrected chi connectivity index (χ3v) is 18.0.